The maximum absolute atomic E-state index is 4.35. The van der Waals surface area contributed by atoms with E-state index in [1.165, 1.54) is 5.39 Å². The minimum absolute atomic E-state index is 0. The molecule has 1 aromatic heterocycles. The van der Waals surface area contributed by atoms with Gasteiger partial charge in [-0.15, -0.1) is 29.0 Å². The predicted octanol–water partition coefficient (Wildman–Crippen LogP) is 3.70. The van der Waals surface area contributed by atoms with Gasteiger partial charge in [-0.3, -0.25) is 0 Å². The molecule has 1 nitrogen and oxygen atoms in total. The third-order valence-electron chi connectivity index (χ3n) is 2.62. The van der Waals surface area contributed by atoms with Gasteiger partial charge >= 0.3 is 0 Å². The standard InChI is InChI=1S/C15H10N.Ir/c1-2-6-12(7-3-1)15-10-13-8-4-5-9-14(13)11-16-15;/h1-10H;/q-1;. The number of hydrogen-bond acceptors (Lipinski definition) is 1. The molecule has 0 unspecified atom stereocenters. The zero-order chi connectivity index (χ0) is 10.8. The normalized spacial score (nSPS) is 9.88. The minimum Gasteiger partial charge on any atom is -0.352 e. The monoisotopic (exact) mass is 397 g/mol. The Hall–Kier alpha value is -1.50. The summed E-state index contributed by atoms with van der Waals surface area (Å²) in [5, 5.41) is 2.23. The Bertz CT molecular complexity index is 620. The molecule has 17 heavy (non-hydrogen) atoms. The molecule has 3 rings (SSSR count). The SMILES string of the molecule is [Ir].[c-]1nc(-c2ccccc2)cc2ccccc12. The van der Waals surface area contributed by atoms with Crippen molar-refractivity contribution < 1.29 is 20.1 Å². The Morgan fingerprint density at radius 1 is 0.824 bits per heavy atom. The second kappa shape index (κ2) is 5.22. The Morgan fingerprint density at radius 2 is 1.53 bits per heavy atom. The number of hydrogen-bond donors (Lipinski definition) is 0. The molecule has 2 aromatic carbocycles. The Morgan fingerprint density at radius 3 is 2.35 bits per heavy atom. The van der Waals surface area contributed by atoms with Crippen molar-refractivity contribution in [3.63, 3.8) is 0 Å². The fourth-order valence-corrected chi connectivity index (χ4v) is 1.78. The molecule has 0 amide bonds. The summed E-state index contributed by atoms with van der Waals surface area (Å²) < 4.78 is 0. The average molecular weight is 396 g/mol. The zero-order valence-electron chi connectivity index (χ0n) is 9.05. The fraction of sp³-hybridized carbons (Fsp3) is 0. The van der Waals surface area contributed by atoms with Crippen molar-refractivity contribution in [3.05, 3.63) is 66.9 Å². The first kappa shape index (κ1) is 12.0. The molecule has 0 aliphatic rings. The van der Waals surface area contributed by atoms with E-state index in [2.05, 4.69) is 35.4 Å². The van der Waals surface area contributed by atoms with E-state index in [1.54, 1.807) is 0 Å². The topological polar surface area (TPSA) is 12.9 Å². The van der Waals surface area contributed by atoms with Crippen LogP contribution >= 0.6 is 0 Å². The molecule has 2 heteroatoms. The van der Waals surface area contributed by atoms with Gasteiger partial charge in [0.05, 0.1) is 0 Å². The molecule has 1 heterocycles. The molecular formula is C15H10IrN-. The van der Waals surface area contributed by atoms with E-state index < -0.39 is 0 Å². The van der Waals surface area contributed by atoms with Gasteiger partial charge < -0.3 is 4.98 Å². The van der Waals surface area contributed by atoms with Crippen LogP contribution in [-0.2, 0) is 20.1 Å². The summed E-state index contributed by atoms with van der Waals surface area (Å²) in [7, 11) is 0. The largest absolute Gasteiger partial charge is 0.352 e. The summed E-state index contributed by atoms with van der Waals surface area (Å²) in [6.07, 6.45) is 3.07. The summed E-state index contributed by atoms with van der Waals surface area (Å²) in [6.45, 7) is 0. The van der Waals surface area contributed by atoms with Gasteiger partial charge in [0, 0.05) is 20.1 Å². The number of nitrogens with zero attached hydrogens (tertiary/aromatic N) is 1. The number of pyridine rings is 1. The van der Waals surface area contributed by atoms with Crippen LogP contribution in [0.2, 0.25) is 0 Å². The maximum Gasteiger partial charge on any atom is 0 e. The van der Waals surface area contributed by atoms with Crippen LogP contribution in [0.5, 0.6) is 0 Å². The van der Waals surface area contributed by atoms with Gasteiger partial charge in [-0.1, -0.05) is 42.5 Å². The molecule has 0 aliphatic heterocycles. The Kier molecular flexibility index (Phi) is 3.68. The smallest absolute Gasteiger partial charge is 0 e. The van der Waals surface area contributed by atoms with Crippen LogP contribution in [0.4, 0.5) is 0 Å². The molecule has 0 fully saturated rings. The van der Waals surface area contributed by atoms with Gasteiger partial charge in [0.1, 0.15) is 0 Å². The molecular weight excluding hydrogens is 386 g/mol. The molecule has 85 valence electrons. The third kappa shape index (κ3) is 2.44. The summed E-state index contributed by atoms with van der Waals surface area (Å²) in [5.74, 6) is 0. The molecule has 0 atom stereocenters. The Labute approximate surface area is 114 Å². The first-order valence-electron chi connectivity index (χ1n) is 5.26. The van der Waals surface area contributed by atoms with Crippen molar-refractivity contribution in [1.29, 1.82) is 0 Å². The van der Waals surface area contributed by atoms with Gasteiger partial charge in [-0.25, -0.2) is 0 Å². The average Bonchev–Trinajstić information content (AvgIpc) is 2.39. The van der Waals surface area contributed by atoms with E-state index in [4.69, 9.17) is 0 Å². The van der Waals surface area contributed by atoms with Gasteiger partial charge in [-0.05, 0) is 17.5 Å². The van der Waals surface area contributed by atoms with Crippen LogP contribution in [0, 0.1) is 6.20 Å². The van der Waals surface area contributed by atoms with Crippen molar-refractivity contribution in [1.82, 2.24) is 4.98 Å². The first-order chi connectivity index (χ1) is 7.93. The van der Waals surface area contributed by atoms with Crippen molar-refractivity contribution in [2.75, 3.05) is 0 Å². The zero-order valence-corrected chi connectivity index (χ0v) is 11.4. The van der Waals surface area contributed by atoms with Gasteiger partial charge in [0.2, 0.25) is 0 Å². The van der Waals surface area contributed by atoms with Crippen LogP contribution in [0.25, 0.3) is 22.0 Å². The number of rotatable bonds is 1. The predicted molar refractivity (Wildman–Crippen MR) is 66.0 cm³/mol. The molecule has 0 aliphatic carbocycles. The quantitative estimate of drug-likeness (QED) is 0.572. The second-order valence-electron chi connectivity index (χ2n) is 3.71. The minimum atomic E-state index is 0. The summed E-state index contributed by atoms with van der Waals surface area (Å²) in [5.41, 5.74) is 2.10. The summed E-state index contributed by atoms with van der Waals surface area (Å²) in [4.78, 5) is 4.35. The third-order valence-corrected chi connectivity index (χ3v) is 2.62. The van der Waals surface area contributed by atoms with Gasteiger partial charge in [0.15, 0.2) is 0 Å². The molecule has 1 radical (unpaired) electrons. The van der Waals surface area contributed by atoms with E-state index in [-0.39, 0.29) is 20.1 Å². The maximum atomic E-state index is 4.35. The van der Waals surface area contributed by atoms with Crippen LogP contribution < -0.4 is 0 Å². The van der Waals surface area contributed by atoms with Crippen LogP contribution in [-0.4, -0.2) is 4.98 Å². The van der Waals surface area contributed by atoms with Gasteiger partial charge in [0.25, 0.3) is 0 Å². The summed E-state index contributed by atoms with van der Waals surface area (Å²) in [6, 6.07) is 20.4. The van der Waals surface area contributed by atoms with Crippen LogP contribution in [0.1, 0.15) is 0 Å². The number of aromatic nitrogens is 1. The van der Waals surface area contributed by atoms with Crippen molar-refractivity contribution >= 4 is 10.8 Å². The Balaban J connectivity index is 0.00000108. The van der Waals surface area contributed by atoms with E-state index in [9.17, 15) is 0 Å². The molecule has 3 aromatic rings. The molecule has 0 spiro atoms. The van der Waals surface area contributed by atoms with E-state index in [0.717, 1.165) is 16.6 Å². The molecule has 0 saturated carbocycles. The van der Waals surface area contributed by atoms with E-state index in [0.29, 0.717) is 0 Å². The number of fused-ring (bicyclic) bond motifs is 1. The second-order valence-corrected chi connectivity index (χ2v) is 3.71. The van der Waals surface area contributed by atoms with Crippen molar-refractivity contribution in [2.24, 2.45) is 0 Å². The fourth-order valence-electron chi connectivity index (χ4n) is 1.78. The first-order valence-corrected chi connectivity index (χ1v) is 5.26. The van der Waals surface area contributed by atoms with Crippen LogP contribution in [0.3, 0.4) is 0 Å². The molecule has 0 saturated heterocycles. The van der Waals surface area contributed by atoms with Crippen LogP contribution in [0.15, 0.2) is 60.7 Å². The van der Waals surface area contributed by atoms with Gasteiger partial charge in [-0.2, -0.15) is 0 Å². The van der Waals surface area contributed by atoms with Crippen molar-refractivity contribution in [3.8, 4) is 11.3 Å². The van der Waals surface area contributed by atoms with E-state index >= 15 is 0 Å². The molecule has 0 bridgehead atoms. The van der Waals surface area contributed by atoms with E-state index in [1.807, 2.05) is 36.4 Å². The number of benzene rings is 2. The molecule has 0 N–H and O–H groups in total. The summed E-state index contributed by atoms with van der Waals surface area (Å²) >= 11 is 0. The van der Waals surface area contributed by atoms with Crippen molar-refractivity contribution in [2.45, 2.75) is 0 Å².